The SMILES string of the molecule is OC(c1ccnc(Cl)n1)C(F)(F)F. The Morgan fingerprint density at radius 3 is 2.54 bits per heavy atom. The lowest BCUT2D eigenvalue weighted by Gasteiger charge is -2.13. The summed E-state index contributed by atoms with van der Waals surface area (Å²) in [6.07, 6.45) is -6.31. The zero-order valence-corrected chi connectivity index (χ0v) is 6.84. The van der Waals surface area contributed by atoms with Gasteiger partial charge >= 0.3 is 6.18 Å². The lowest BCUT2D eigenvalue weighted by atomic mass is 10.2. The Morgan fingerprint density at radius 2 is 2.08 bits per heavy atom. The highest BCUT2D eigenvalue weighted by molar-refractivity contribution is 6.28. The van der Waals surface area contributed by atoms with E-state index in [0.29, 0.717) is 0 Å². The van der Waals surface area contributed by atoms with E-state index in [1.54, 1.807) is 0 Å². The summed E-state index contributed by atoms with van der Waals surface area (Å²) in [7, 11) is 0. The minimum atomic E-state index is -4.74. The minimum absolute atomic E-state index is 0.333. The maximum atomic E-state index is 11.9. The third-order valence-corrected chi connectivity index (χ3v) is 1.42. The average molecular weight is 213 g/mol. The maximum Gasteiger partial charge on any atom is 0.420 e. The van der Waals surface area contributed by atoms with Gasteiger partial charge in [-0.1, -0.05) is 0 Å². The average Bonchev–Trinajstić information content (AvgIpc) is 2.01. The monoisotopic (exact) mass is 212 g/mol. The van der Waals surface area contributed by atoms with E-state index in [9.17, 15) is 13.2 Å². The van der Waals surface area contributed by atoms with Crippen molar-refractivity contribution in [2.24, 2.45) is 0 Å². The van der Waals surface area contributed by atoms with Crippen molar-refractivity contribution in [1.82, 2.24) is 9.97 Å². The van der Waals surface area contributed by atoms with Gasteiger partial charge in [0.15, 0.2) is 6.10 Å². The second-order valence-electron chi connectivity index (χ2n) is 2.19. The zero-order valence-electron chi connectivity index (χ0n) is 6.09. The van der Waals surface area contributed by atoms with E-state index < -0.39 is 18.0 Å². The summed E-state index contributed by atoms with van der Waals surface area (Å²) in [5, 5.41) is 8.37. The van der Waals surface area contributed by atoms with Gasteiger partial charge in [-0.3, -0.25) is 0 Å². The van der Waals surface area contributed by atoms with Gasteiger partial charge in [-0.15, -0.1) is 0 Å². The van der Waals surface area contributed by atoms with Crippen molar-refractivity contribution in [1.29, 1.82) is 0 Å². The number of aliphatic hydroxyl groups is 1. The molecular formula is C6H4ClF3N2O. The number of aliphatic hydroxyl groups excluding tert-OH is 1. The standard InChI is InChI=1S/C6H4ClF3N2O/c7-5-11-2-1-3(12-5)4(13)6(8,9)10/h1-2,4,13H. The van der Waals surface area contributed by atoms with Gasteiger partial charge < -0.3 is 5.11 Å². The molecule has 13 heavy (non-hydrogen) atoms. The van der Waals surface area contributed by atoms with E-state index >= 15 is 0 Å². The molecule has 1 rings (SSSR count). The lowest BCUT2D eigenvalue weighted by molar-refractivity contribution is -0.208. The first-order valence-electron chi connectivity index (χ1n) is 3.14. The van der Waals surface area contributed by atoms with Gasteiger partial charge in [-0.25, -0.2) is 9.97 Å². The van der Waals surface area contributed by atoms with Crippen LogP contribution in [0, 0.1) is 0 Å². The van der Waals surface area contributed by atoms with Crippen LogP contribution >= 0.6 is 11.6 Å². The van der Waals surface area contributed by atoms with Crippen LogP contribution in [-0.4, -0.2) is 21.3 Å². The first-order valence-corrected chi connectivity index (χ1v) is 3.52. The smallest absolute Gasteiger partial charge is 0.378 e. The van der Waals surface area contributed by atoms with Crippen LogP contribution in [0.25, 0.3) is 0 Å². The van der Waals surface area contributed by atoms with Gasteiger partial charge in [0, 0.05) is 6.20 Å². The molecule has 3 nitrogen and oxygen atoms in total. The molecule has 0 aliphatic carbocycles. The number of halogens is 4. The fourth-order valence-corrected chi connectivity index (χ4v) is 0.822. The molecule has 7 heteroatoms. The van der Waals surface area contributed by atoms with Crippen LogP contribution in [0.3, 0.4) is 0 Å². The number of aromatic nitrogens is 2. The van der Waals surface area contributed by atoms with Crippen molar-refractivity contribution in [3.63, 3.8) is 0 Å². The van der Waals surface area contributed by atoms with Crippen LogP contribution in [-0.2, 0) is 0 Å². The molecule has 0 aliphatic heterocycles. The Morgan fingerprint density at radius 1 is 1.46 bits per heavy atom. The summed E-state index contributed by atoms with van der Waals surface area (Å²) < 4.78 is 35.7. The molecule has 1 heterocycles. The Labute approximate surface area is 76.2 Å². The Hall–Kier alpha value is -0.880. The first-order chi connectivity index (χ1) is 5.91. The first kappa shape index (κ1) is 10.2. The predicted octanol–water partition coefficient (Wildman–Crippen LogP) is 1.73. The molecule has 1 unspecified atom stereocenters. The highest BCUT2D eigenvalue weighted by Gasteiger charge is 2.40. The highest BCUT2D eigenvalue weighted by Crippen LogP contribution is 2.31. The van der Waals surface area contributed by atoms with Gasteiger partial charge in [-0.05, 0) is 17.7 Å². The number of alkyl halides is 3. The topological polar surface area (TPSA) is 46.0 Å². The van der Waals surface area contributed by atoms with E-state index in [4.69, 9.17) is 16.7 Å². The van der Waals surface area contributed by atoms with Crippen LogP contribution < -0.4 is 0 Å². The van der Waals surface area contributed by atoms with Crippen LogP contribution in [0.15, 0.2) is 12.3 Å². The highest BCUT2D eigenvalue weighted by atomic mass is 35.5. The molecule has 0 fully saturated rings. The van der Waals surface area contributed by atoms with E-state index in [2.05, 4.69) is 9.97 Å². The quantitative estimate of drug-likeness (QED) is 0.721. The summed E-state index contributed by atoms with van der Waals surface area (Å²) in [5.41, 5.74) is -0.562. The lowest BCUT2D eigenvalue weighted by Crippen LogP contribution is -2.21. The molecule has 1 aromatic heterocycles. The second-order valence-corrected chi connectivity index (χ2v) is 2.53. The van der Waals surface area contributed by atoms with E-state index in [0.717, 1.165) is 12.3 Å². The molecule has 0 saturated heterocycles. The van der Waals surface area contributed by atoms with Gasteiger partial charge in [0.1, 0.15) is 0 Å². The maximum absolute atomic E-state index is 11.9. The summed E-state index contributed by atoms with van der Waals surface area (Å²) in [4.78, 5) is 6.60. The molecule has 0 aromatic carbocycles. The van der Waals surface area contributed by atoms with Crippen LogP contribution in [0.2, 0.25) is 5.28 Å². The third-order valence-electron chi connectivity index (χ3n) is 1.24. The molecule has 0 aliphatic rings. The molecule has 1 aromatic rings. The van der Waals surface area contributed by atoms with Crippen LogP contribution in [0.1, 0.15) is 11.8 Å². The Kier molecular flexibility index (Phi) is 2.72. The summed E-state index contributed by atoms with van der Waals surface area (Å²) in [5.74, 6) is 0. The van der Waals surface area contributed by atoms with Gasteiger partial charge in [0.2, 0.25) is 5.28 Å². The molecule has 72 valence electrons. The molecule has 0 spiro atoms. The van der Waals surface area contributed by atoms with Crippen molar-refractivity contribution in [2.75, 3.05) is 0 Å². The van der Waals surface area contributed by atoms with E-state index in [1.165, 1.54) is 0 Å². The fourth-order valence-electron chi connectivity index (χ4n) is 0.668. The molecule has 1 N–H and O–H groups in total. The van der Waals surface area contributed by atoms with E-state index in [-0.39, 0.29) is 5.28 Å². The molecule has 0 bridgehead atoms. The fraction of sp³-hybridized carbons (Fsp3) is 0.333. The van der Waals surface area contributed by atoms with Crippen molar-refractivity contribution in [2.45, 2.75) is 12.3 Å². The molecule has 0 saturated carbocycles. The summed E-state index contributed by atoms with van der Waals surface area (Å²) >= 11 is 5.24. The molecule has 0 radical (unpaired) electrons. The van der Waals surface area contributed by atoms with Crippen molar-refractivity contribution in [3.8, 4) is 0 Å². The second kappa shape index (κ2) is 3.47. The van der Waals surface area contributed by atoms with Crippen molar-refractivity contribution in [3.05, 3.63) is 23.2 Å². The summed E-state index contributed by atoms with van der Waals surface area (Å²) in [6.45, 7) is 0. The van der Waals surface area contributed by atoms with Gasteiger partial charge in [0.25, 0.3) is 0 Å². The van der Waals surface area contributed by atoms with Crippen molar-refractivity contribution >= 4 is 11.6 Å². The van der Waals surface area contributed by atoms with Gasteiger partial charge in [-0.2, -0.15) is 13.2 Å². The largest absolute Gasteiger partial charge is 0.420 e. The number of hydrogen-bond acceptors (Lipinski definition) is 3. The zero-order chi connectivity index (χ0) is 10.1. The molecule has 1 atom stereocenters. The van der Waals surface area contributed by atoms with Crippen molar-refractivity contribution < 1.29 is 18.3 Å². The van der Waals surface area contributed by atoms with Crippen LogP contribution in [0.4, 0.5) is 13.2 Å². The Balaban J connectivity index is 2.96. The molecular weight excluding hydrogens is 209 g/mol. The normalized spacial score (nSPS) is 14.2. The molecule has 0 amide bonds. The number of nitrogens with zero attached hydrogens (tertiary/aromatic N) is 2. The van der Waals surface area contributed by atoms with Crippen LogP contribution in [0.5, 0.6) is 0 Å². The van der Waals surface area contributed by atoms with E-state index in [1.807, 2.05) is 0 Å². The predicted molar refractivity (Wildman–Crippen MR) is 38.1 cm³/mol. The number of hydrogen-bond donors (Lipinski definition) is 1. The third kappa shape index (κ3) is 2.53. The summed E-state index contributed by atoms with van der Waals surface area (Å²) in [6, 6.07) is 0.948. The number of rotatable bonds is 1. The Bertz CT molecular complexity index is 304. The van der Waals surface area contributed by atoms with Gasteiger partial charge in [0.05, 0.1) is 5.69 Å². The minimum Gasteiger partial charge on any atom is -0.378 e.